The van der Waals surface area contributed by atoms with Gasteiger partial charge in [0.2, 0.25) is 5.71 Å². The summed E-state index contributed by atoms with van der Waals surface area (Å²) in [5.41, 5.74) is 11.2. The van der Waals surface area contributed by atoms with E-state index in [9.17, 15) is 0 Å². The average molecular weight is 917 g/mol. The summed E-state index contributed by atoms with van der Waals surface area (Å²) in [6, 6.07) is 50.0. The second kappa shape index (κ2) is 16.3. The molecular formula is C46H41GeIrN3O-2. The number of hydrogen-bond acceptors (Lipinski definition) is 4. The zero-order valence-electron chi connectivity index (χ0n) is 30.1. The van der Waals surface area contributed by atoms with Crippen LogP contribution < -0.4 is 4.40 Å². The molecule has 8 rings (SSSR count). The fourth-order valence-corrected chi connectivity index (χ4v) is 9.67. The molecule has 0 aliphatic carbocycles. The van der Waals surface area contributed by atoms with Gasteiger partial charge in [-0.1, -0.05) is 66.8 Å². The first-order chi connectivity index (χ1) is 24.7. The smallest absolute Gasteiger partial charge is 0 e. The summed E-state index contributed by atoms with van der Waals surface area (Å²) in [5, 5.41) is 2.04. The molecule has 52 heavy (non-hydrogen) atoms. The molecule has 0 aliphatic rings. The first-order valence-corrected chi connectivity index (χ1v) is 24.8. The van der Waals surface area contributed by atoms with Crippen molar-refractivity contribution in [1.29, 1.82) is 0 Å². The Hall–Kier alpha value is -4.68. The standard InChI is InChI=1S/C25H19N2O.C21H22GeN.Ir/c1-16(2)18-13-14-26-23(15-18)21-10-6-9-19-20-11-12-22(17-7-4-3-5-8-17)27-25(20)28-24(19)21;1-22(2,3)20-16-23-21(18-12-8-5-9-13-18)15-19(20)14-17-10-6-4-7-11-17;/h3-9,11-16H,1-2H3;4-12,15-16H,14H2,1-3H3;/q2*-1;. The fourth-order valence-electron chi connectivity index (χ4n) is 6.36. The van der Waals surface area contributed by atoms with E-state index in [1.807, 2.05) is 60.8 Å². The van der Waals surface area contributed by atoms with Crippen molar-refractivity contribution in [2.24, 2.45) is 0 Å². The van der Waals surface area contributed by atoms with Crippen molar-refractivity contribution in [2.45, 2.75) is 43.5 Å². The SMILES string of the molecule is CC(C)c1ccnc(-c2[c-]ccc3c2oc2nc(-c4ccccc4)ccc23)c1.[CH3][Ge]([CH3])([CH3])[c]1cnc(-c2[c-]cccc2)cc1Cc1ccccc1.[Ir]. The summed E-state index contributed by atoms with van der Waals surface area (Å²) in [6.45, 7) is 4.36. The minimum absolute atomic E-state index is 0. The van der Waals surface area contributed by atoms with Gasteiger partial charge in [-0.15, -0.1) is 18.2 Å². The topological polar surface area (TPSA) is 51.8 Å². The van der Waals surface area contributed by atoms with Gasteiger partial charge in [0.05, 0.1) is 11.3 Å². The predicted molar refractivity (Wildman–Crippen MR) is 214 cm³/mol. The summed E-state index contributed by atoms with van der Waals surface area (Å²) in [4.78, 5) is 14.1. The van der Waals surface area contributed by atoms with Crippen molar-refractivity contribution in [3.63, 3.8) is 0 Å². The van der Waals surface area contributed by atoms with Crippen molar-refractivity contribution < 1.29 is 24.5 Å². The van der Waals surface area contributed by atoms with Crippen LogP contribution in [0, 0.1) is 12.1 Å². The number of hydrogen-bond donors (Lipinski definition) is 0. The summed E-state index contributed by atoms with van der Waals surface area (Å²) >= 11 is -1.96. The van der Waals surface area contributed by atoms with Crippen LogP contribution >= 0.6 is 0 Å². The quantitative estimate of drug-likeness (QED) is 0.118. The molecule has 261 valence electrons. The number of nitrogens with zero attached hydrogens (tertiary/aromatic N) is 3. The second-order valence-electron chi connectivity index (χ2n) is 14.2. The minimum atomic E-state index is -1.96. The van der Waals surface area contributed by atoms with Crippen LogP contribution in [-0.4, -0.2) is 28.2 Å². The monoisotopic (exact) mass is 918 g/mol. The van der Waals surface area contributed by atoms with Crippen molar-refractivity contribution in [3.05, 3.63) is 169 Å². The molecular weight excluding hydrogens is 875 g/mol. The van der Waals surface area contributed by atoms with Crippen molar-refractivity contribution in [1.82, 2.24) is 15.0 Å². The summed E-state index contributed by atoms with van der Waals surface area (Å²) in [5.74, 6) is 7.73. The predicted octanol–water partition coefficient (Wildman–Crippen LogP) is 11.3. The van der Waals surface area contributed by atoms with E-state index < -0.39 is 13.3 Å². The van der Waals surface area contributed by atoms with Gasteiger partial charge in [0.25, 0.3) is 0 Å². The number of pyridine rings is 3. The van der Waals surface area contributed by atoms with Crippen LogP contribution in [0.15, 0.2) is 144 Å². The molecule has 0 saturated heterocycles. The molecule has 0 spiro atoms. The van der Waals surface area contributed by atoms with E-state index in [-0.39, 0.29) is 20.1 Å². The Morgan fingerprint density at radius 1 is 0.692 bits per heavy atom. The Morgan fingerprint density at radius 3 is 2.15 bits per heavy atom. The number of aromatic nitrogens is 3. The van der Waals surface area contributed by atoms with Crippen molar-refractivity contribution in [2.75, 3.05) is 0 Å². The third-order valence-corrected chi connectivity index (χ3v) is 13.4. The molecule has 4 heterocycles. The molecule has 1 radical (unpaired) electrons. The van der Waals surface area contributed by atoms with Gasteiger partial charge in [-0.3, -0.25) is 0 Å². The molecule has 4 nitrogen and oxygen atoms in total. The maximum absolute atomic E-state index is 6.22. The van der Waals surface area contributed by atoms with Gasteiger partial charge in [-0.25, -0.2) is 4.98 Å². The zero-order valence-corrected chi connectivity index (χ0v) is 34.6. The van der Waals surface area contributed by atoms with E-state index in [1.54, 1.807) is 0 Å². The van der Waals surface area contributed by atoms with Gasteiger partial charge in [0.15, 0.2) is 0 Å². The summed E-state index contributed by atoms with van der Waals surface area (Å²) in [6.07, 6.45) is 4.95. The average Bonchev–Trinajstić information content (AvgIpc) is 3.54. The van der Waals surface area contributed by atoms with E-state index in [2.05, 4.69) is 127 Å². The largest absolute Gasteiger partial charge is 0 e. The molecule has 0 atom stereocenters. The Labute approximate surface area is 323 Å². The maximum atomic E-state index is 6.22. The van der Waals surface area contributed by atoms with Crippen LogP contribution in [0.4, 0.5) is 0 Å². The first kappa shape index (κ1) is 37.1. The molecule has 0 bridgehead atoms. The van der Waals surface area contributed by atoms with Gasteiger partial charge in [-0.2, -0.15) is 0 Å². The number of fused-ring (bicyclic) bond motifs is 3. The summed E-state index contributed by atoms with van der Waals surface area (Å²) < 4.78 is 7.71. The molecule has 0 unspecified atom stereocenters. The van der Waals surface area contributed by atoms with Crippen LogP contribution in [0.1, 0.15) is 36.5 Å². The van der Waals surface area contributed by atoms with Crippen LogP contribution in [-0.2, 0) is 26.5 Å². The molecule has 4 aromatic carbocycles. The van der Waals surface area contributed by atoms with E-state index in [0.717, 1.165) is 56.5 Å². The van der Waals surface area contributed by atoms with Crippen LogP contribution in [0.5, 0.6) is 0 Å². The molecule has 0 saturated carbocycles. The third kappa shape index (κ3) is 8.34. The Kier molecular flexibility index (Phi) is 11.7. The van der Waals surface area contributed by atoms with E-state index in [4.69, 9.17) is 14.4 Å². The van der Waals surface area contributed by atoms with Crippen LogP contribution in [0.25, 0.3) is 55.8 Å². The van der Waals surface area contributed by atoms with E-state index >= 15 is 0 Å². The Bertz CT molecular complexity index is 2400. The Balaban J connectivity index is 0.000000179. The fraction of sp³-hybridized carbons (Fsp3) is 0.152. The molecule has 0 N–H and O–H groups in total. The molecule has 8 aromatic rings. The number of furan rings is 1. The zero-order chi connectivity index (χ0) is 35.4. The van der Waals surface area contributed by atoms with Crippen LogP contribution in [0.3, 0.4) is 0 Å². The number of rotatable bonds is 7. The van der Waals surface area contributed by atoms with Gasteiger partial charge in [-0.05, 0) is 29.8 Å². The first-order valence-electron chi connectivity index (χ1n) is 17.5. The molecule has 4 aromatic heterocycles. The van der Waals surface area contributed by atoms with Crippen molar-refractivity contribution in [3.8, 4) is 33.8 Å². The molecule has 0 fully saturated rings. The molecule has 6 heteroatoms. The van der Waals surface area contributed by atoms with Gasteiger partial charge >= 0.3 is 142 Å². The van der Waals surface area contributed by atoms with Gasteiger partial charge < -0.3 is 9.40 Å². The van der Waals surface area contributed by atoms with Crippen molar-refractivity contribution >= 4 is 39.7 Å². The molecule has 0 amide bonds. The molecule has 0 aliphatic heterocycles. The van der Waals surface area contributed by atoms with Gasteiger partial charge in [0, 0.05) is 37.3 Å². The van der Waals surface area contributed by atoms with E-state index in [1.165, 1.54) is 21.1 Å². The normalized spacial score (nSPS) is 11.3. The van der Waals surface area contributed by atoms with Gasteiger partial charge in [0.1, 0.15) is 0 Å². The van der Waals surface area contributed by atoms with Crippen LogP contribution in [0.2, 0.25) is 17.3 Å². The third-order valence-electron chi connectivity index (χ3n) is 9.09. The summed E-state index contributed by atoms with van der Waals surface area (Å²) in [7, 11) is 0. The Morgan fingerprint density at radius 2 is 1.44 bits per heavy atom. The second-order valence-corrected chi connectivity index (χ2v) is 24.7. The maximum Gasteiger partial charge on any atom is 0 e. The van der Waals surface area contributed by atoms with E-state index in [0.29, 0.717) is 11.6 Å². The number of benzene rings is 4. The minimum Gasteiger partial charge on any atom is 0 e.